The van der Waals surface area contributed by atoms with Crippen molar-refractivity contribution in [3.63, 3.8) is 0 Å². The molecule has 92 valence electrons. The number of carbonyl (C=O) groups excluding carboxylic acids is 1. The predicted octanol–water partition coefficient (Wildman–Crippen LogP) is 2.50. The van der Waals surface area contributed by atoms with Gasteiger partial charge >= 0.3 is 0 Å². The van der Waals surface area contributed by atoms with Gasteiger partial charge in [-0.25, -0.2) is 0 Å². The highest BCUT2D eigenvalue weighted by molar-refractivity contribution is 9.10. The fraction of sp³-hybridized carbons (Fsp3) is 0.455. The number of nitrogens with zero attached hydrogens (tertiary/aromatic N) is 1. The quantitative estimate of drug-likeness (QED) is 0.881. The third-order valence-corrected chi connectivity index (χ3v) is 5.06. The number of amides is 1. The average Bonchev–Trinajstić information content (AvgIpc) is 2.72. The molecule has 0 aliphatic carbocycles. The van der Waals surface area contributed by atoms with Crippen LogP contribution in [-0.2, 0) is 10.3 Å². The van der Waals surface area contributed by atoms with Crippen LogP contribution in [0.5, 0.6) is 0 Å². The Labute approximate surface area is 113 Å². The van der Waals surface area contributed by atoms with E-state index in [1.165, 1.54) is 4.90 Å². The minimum Gasteiger partial charge on any atom is -0.345 e. The second kappa shape index (κ2) is 4.42. The number of nitrogens with one attached hydrogen (secondary N) is 2. The molecule has 0 unspecified atom stereocenters. The average molecular weight is 316 g/mol. The molecule has 1 saturated heterocycles. The minimum atomic E-state index is -0.419. The van der Waals surface area contributed by atoms with Gasteiger partial charge in [0.1, 0.15) is 0 Å². The summed E-state index contributed by atoms with van der Waals surface area (Å²) < 4.78 is 1.02. The first-order valence-electron chi connectivity index (χ1n) is 5.36. The molecule has 1 aromatic rings. The van der Waals surface area contributed by atoms with Crippen molar-refractivity contribution in [2.45, 2.75) is 25.3 Å². The Balaban J connectivity index is 2.39. The third-order valence-electron chi connectivity index (χ3n) is 3.16. The maximum Gasteiger partial charge on any atom is 0.231 e. The molecule has 1 aromatic heterocycles. The molecule has 1 aliphatic rings. The number of halogens is 1. The second-order valence-electron chi connectivity index (χ2n) is 4.17. The first kappa shape index (κ1) is 12.6. The third kappa shape index (κ3) is 2.11. The first-order chi connectivity index (χ1) is 7.98. The fourth-order valence-corrected chi connectivity index (χ4v) is 3.61. The van der Waals surface area contributed by atoms with Crippen molar-refractivity contribution in [3.8, 4) is 0 Å². The summed E-state index contributed by atoms with van der Waals surface area (Å²) in [6, 6.07) is 2.02. The van der Waals surface area contributed by atoms with Gasteiger partial charge in [0, 0.05) is 21.8 Å². The summed E-state index contributed by atoms with van der Waals surface area (Å²) in [6.07, 6.45) is 1.18. The normalized spacial score (nSPS) is 25.0. The molecule has 2 rings (SSSR count). The highest BCUT2D eigenvalue weighted by Gasteiger charge is 2.41. The molecule has 4 nitrogen and oxygen atoms in total. The van der Waals surface area contributed by atoms with E-state index in [1.54, 1.807) is 18.4 Å². The van der Waals surface area contributed by atoms with E-state index in [1.807, 2.05) is 18.4 Å². The van der Waals surface area contributed by atoms with Crippen LogP contribution in [0.4, 0.5) is 0 Å². The molecule has 0 aromatic carbocycles. The highest BCUT2D eigenvalue weighted by atomic mass is 79.9. The molecular weight excluding hydrogens is 302 g/mol. The Hall–Kier alpha value is -0.880. The molecular formula is C11H14BrN3OS. The van der Waals surface area contributed by atoms with E-state index in [0.717, 1.165) is 15.8 Å². The summed E-state index contributed by atoms with van der Waals surface area (Å²) in [6.45, 7) is 2.03. The van der Waals surface area contributed by atoms with E-state index in [9.17, 15) is 4.79 Å². The molecule has 17 heavy (non-hydrogen) atoms. The van der Waals surface area contributed by atoms with Crippen molar-refractivity contribution in [1.82, 2.24) is 10.2 Å². The van der Waals surface area contributed by atoms with Crippen molar-refractivity contribution >= 4 is 39.1 Å². The summed E-state index contributed by atoms with van der Waals surface area (Å²) in [5.41, 5.74) is -0.419. The van der Waals surface area contributed by atoms with Crippen molar-refractivity contribution in [2.24, 2.45) is 0 Å². The van der Waals surface area contributed by atoms with Crippen LogP contribution in [0.15, 0.2) is 15.9 Å². The number of rotatable bonds is 2. The molecule has 6 heteroatoms. The van der Waals surface area contributed by atoms with Crippen molar-refractivity contribution in [1.29, 1.82) is 5.41 Å². The minimum absolute atomic E-state index is 0.0138. The molecule has 0 spiro atoms. The molecule has 2 heterocycles. The van der Waals surface area contributed by atoms with Crippen LogP contribution >= 0.6 is 27.3 Å². The smallest absolute Gasteiger partial charge is 0.231 e. The van der Waals surface area contributed by atoms with E-state index in [-0.39, 0.29) is 11.9 Å². The van der Waals surface area contributed by atoms with Crippen LogP contribution in [0, 0.1) is 5.41 Å². The van der Waals surface area contributed by atoms with Crippen molar-refractivity contribution in [2.75, 3.05) is 7.05 Å². The fourth-order valence-electron chi connectivity index (χ4n) is 1.96. The molecule has 0 saturated carbocycles. The SMILES string of the molecule is CC[C@@]1(c2cc(Br)cs2)CC(=O)N(C)C(=N)N1. The van der Waals surface area contributed by atoms with E-state index >= 15 is 0 Å². The van der Waals surface area contributed by atoms with Crippen LogP contribution in [0.25, 0.3) is 0 Å². The number of thiophene rings is 1. The van der Waals surface area contributed by atoms with Crippen molar-refractivity contribution in [3.05, 3.63) is 20.8 Å². The topological polar surface area (TPSA) is 56.2 Å². The van der Waals surface area contributed by atoms with Crippen molar-refractivity contribution < 1.29 is 4.79 Å². The number of carbonyl (C=O) groups is 1. The van der Waals surface area contributed by atoms with Crippen LogP contribution in [0.3, 0.4) is 0 Å². The van der Waals surface area contributed by atoms with Gasteiger partial charge in [-0.3, -0.25) is 15.1 Å². The van der Waals surface area contributed by atoms with Gasteiger partial charge in [-0.15, -0.1) is 11.3 Å². The lowest BCUT2D eigenvalue weighted by atomic mass is 9.88. The Kier molecular flexibility index (Phi) is 3.27. The van der Waals surface area contributed by atoms with Gasteiger partial charge in [-0.2, -0.15) is 0 Å². The number of guanidine groups is 1. The van der Waals surface area contributed by atoms with Crippen LogP contribution in [-0.4, -0.2) is 23.8 Å². The molecule has 1 amide bonds. The summed E-state index contributed by atoms with van der Waals surface area (Å²) in [4.78, 5) is 14.4. The second-order valence-corrected chi connectivity index (χ2v) is 5.99. The Morgan fingerprint density at radius 2 is 2.41 bits per heavy atom. The van der Waals surface area contributed by atoms with Crippen LogP contribution in [0.2, 0.25) is 0 Å². The molecule has 1 atom stereocenters. The monoisotopic (exact) mass is 315 g/mol. The molecule has 1 aliphatic heterocycles. The van der Waals surface area contributed by atoms with Gasteiger partial charge < -0.3 is 5.32 Å². The van der Waals surface area contributed by atoms with Crippen LogP contribution in [0.1, 0.15) is 24.6 Å². The van der Waals surface area contributed by atoms with Gasteiger partial charge in [-0.1, -0.05) is 6.92 Å². The van der Waals surface area contributed by atoms with Gasteiger partial charge in [0.2, 0.25) is 5.91 Å². The highest BCUT2D eigenvalue weighted by Crippen LogP contribution is 2.37. The van der Waals surface area contributed by atoms with E-state index < -0.39 is 5.54 Å². The van der Waals surface area contributed by atoms with Gasteiger partial charge in [-0.05, 0) is 28.4 Å². The van der Waals surface area contributed by atoms with Gasteiger partial charge in [0.25, 0.3) is 0 Å². The lowest BCUT2D eigenvalue weighted by Gasteiger charge is -2.40. The van der Waals surface area contributed by atoms with Gasteiger partial charge in [0.15, 0.2) is 5.96 Å². The predicted molar refractivity (Wildman–Crippen MR) is 72.2 cm³/mol. The Morgan fingerprint density at radius 1 is 1.71 bits per heavy atom. The van der Waals surface area contributed by atoms with Crippen LogP contribution < -0.4 is 5.32 Å². The summed E-state index contributed by atoms with van der Waals surface area (Å²) in [5, 5.41) is 13.0. The van der Waals surface area contributed by atoms with E-state index in [0.29, 0.717) is 6.42 Å². The lowest BCUT2D eigenvalue weighted by molar-refractivity contribution is -0.129. The first-order valence-corrected chi connectivity index (χ1v) is 7.03. The Bertz CT molecular complexity index is 453. The summed E-state index contributed by atoms with van der Waals surface area (Å²) in [7, 11) is 1.63. The largest absolute Gasteiger partial charge is 0.345 e. The lowest BCUT2D eigenvalue weighted by Crippen LogP contribution is -2.58. The summed E-state index contributed by atoms with van der Waals surface area (Å²) >= 11 is 5.04. The molecule has 2 N–H and O–H groups in total. The Morgan fingerprint density at radius 3 is 2.88 bits per heavy atom. The zero-order valence-electron chi connectivity index (χ0n) is 9.71. The standard InChI is InChI=1S/C11H14BrN3OS/c1-3-11(8-4-7(12)6-17-8)5-9(16)15(2)10(13)14-11/h4,6H,3,5H2,1-2H3,(H2,13,14)/t11-/m0/s1. The summed E-state index contributed by atoms with van der Waals surface area (Å²) in [5.74, 6) is 0.160. The molecule has 1 fully saturated rings. The van der Waals surface area contributed by atoms with E-state index in [4.69, 9.17) is 5.41 Å². The zero-order chi connectivity index (χ0) is 12.6. The van der Waals surface area contributed by atoms with Gasteiger partial charge in [0.05, 0.1) is 12.0 Å². The van der Waals surface area contributed by atoms with E-state index in [2.05, 4.69) is 21.2 Å². The zero-order valence-corrected chi connectivity index (χ0v) is 12.1. The molecule has 0 radical (unpaired) electrons. The maximum absolute atomic E-state index is 11.9. The molecule has 0 bridgehead atoms. The number of hydrogen-bond acceptors (Lipinski definition) is 3. The maximum atomic E-state index is 11.9. The number of hydrogen-bond donors (Lipinski definition) is 2.